The summed E-state index contributed by atoms with van der Waals surface area (Å²) in [7, 11) is 1.73. The van der Waals surface area contributed by atoms with Crippen LogP contribution in [-0.4, -0.2) is 37.7 Å². The molecule has 1 aromatic heterocycles. The molecule has 3 heterocycles. The summed E-state index contributed by atoms with van der Waals surface area (Å²) in [6, 6.07) is 2.41. The van der Waals surface area contributed by atoms with E-state index in [1.165, 1.54) is 10.4 Å². The number of hydrazone groups is 1. The summed E-state index contributed by atoms with van der Waals surface area (Å²) in [5, 5.41) is 7.48. The molecule has 0 aromatic carbocycles. The second kappa shape index (κ2) is 6.51. The number of hydrogen-bond donors (Lipinski definition) is 2. The predicted molar refractivity (Wildman–Crippen MR) is 97.0 cm³/mol. The highest BCUT2D eigenvalue weighted by atomic mass is 35.5. The van der Waals surface area contributed by atoms with Crippen LogP contribution in [0.5, 0.6) is 0 Å². The number of nitrogens with one attached hydrogen (secondary N) is 1. The Balaban J connectivity index is 2.00. The van der Waals surface area contributed by atoms with Gasteiger partial charge in [-0.3, -0.25) is 4.99 Å². The van der Waals surface area contributed by atoms with Gasteiger partial charge in [0.15, 0.2) is 0 Å². The highest BCUT2D eigenvalue weighted by Crippen LogP contribution is 2.50. The van der Waals surface area contributed by atoms with Crippen LogP contribution in [-0.2, 0) is 10.3 Å². The molecule has 2 aliphatic heterocycles. The lowest BCUT2D eigenvalue weighted by Crippen LogP contribution is -2.56. The van der Waals surface area contributed by atoms with Gasteiger partial charge >= 0.3 is 0 Å². The topological polar surface area (TPSA) is 72.0 Å². The van der Waals surface area contributed by atoms with Crippen molar-refractivity contribution in [3.8, 4) is 0 Å². The molecule has 23 heavy (non-hydrogen) atoms. The summed E-state index contributed by atoms with van der Waals surface area (Å²) in [6.07, 6.45) is 3.42. The quantitative estimate of drug-likeness (QED) is 0.487. The maximum atomic E-state index is 6.40. The van der Waals surface area contributed by atoms with Crippen molar-refractivity contribution in [1.82, 2.24) is 5.32 Å². The number of ether oxygens (including phenoxy) is 1. The molecular formula is C16H23ClN4OS. The summed E-state index contributed by atoms with van der Waals surface area (Å²) in [5.74, 6) is 5.95. The summed E-state index contributed by atoms with van der Waals surface area (Å²) in [4.78, 5) is 5.33. The predicted octanol–water partition coefficient (Wildman–Crippen LogP) is 2.89. The van der Waals surface area contributed by atoms with Gasteiger partial charge in [-0.05, 0) is 25.0 Å². The van der Waals surface area contributed by atoms with E-state index in [0.29, 0.717) is 5.92 Å². The third kappa shape index (κ3) is 3.05. The first kappa shape index (κ1) is 16.9. The maximum absolute atomic E-state index is 6.40. The van der Waals surface area contributed by atoms with Crippen molar-refractivity contribution in [3.63, 3.8) is 0 Å². The van der Waals surface area contributed by atoms with E-state index in [4.69, 9.17) is 22.2 Å². The number of fused-ring (bicyclic) bond motifs is 2. The number of nitrogens with two attached hydrogens (primary N) is 1. The first-order valence-electron chi connectivity index (χ1n) is 7.88. The zero-order valence-electron chi connectivity index (χ0n) is 13.7. The van der Waals surface area contributed by atoms with Crippen molar-refractivity contribution in [1.29, 1.82) is 0 Å². The van der Waals surface area contributed by atoms with E-state index < -0.39 is 0 Å². The fourth-order valence-corrected chi connectivity index (χ4v) is 5.26. The van der Waals surface area contributed by atoms with Crippen LogP contribution in [0.25, 0.3) is 0 Å². The van der Waals surface area contributed by atoms with Crippen LogP contribution in [0.2, 0.25) is 4.34 Å². The molecule has 0 saturated carbocycles. The lowest BCUT2D eigenvalue weighted by atomic mass is 9.77. The number of thiophene rings is 1. The number of hydrogen-bond acceptors (Lipinski definition) is 6. The molecule has 126 valence electrons. The van der Waals surface area contributed by atoms with E-state index in [1.807, 2.05) is 0 Å². The monoisotopic (exact) mass is 354 g/mol. The van der Waals surface area contributed by atoms with E-state index in [9.17, 15) is 0 Å². The van der Waals surface area contributed by atoms with Crippen molar-refractivity contribution < 1.29 is 4.74 Å². The molecule has 3 N–H and O–H groups in total. The summed E-state index contributed by atoms with van der Waals surface area (Å²) in [6.45, 7) is 5.07. The number of rotatable bonds is 2. The zero-order valence-corrected chi connectivity index (χ0v) is 15.2. The second-order valence-corrected chi connectivity index (χ2v) is 8.19. The van der Waals surface area contributed by atoms with Gasteiger partial charge in [-0.15, -0.1) is 11.3 Å². The largest absolute Gasteiger partial charge is 0.369 e. The van der Waals surface area contributed by atoms with E-state index >= 15 is 0 Å². The van der Waals surface area contributed by atoms with Gasteiger partial charge in [0.05, 0.1) is 22.7 Å². The number of halogens is 1. The molecule has 0 radical (unpaired) electrons. The summed E-state index contributed by atoms with van der Waals surface area (Å²) in [5.41, 5.74) is 1.77. The molecule has 0 amide bonds. The van der Waals surface area contributed by atoms with Crippen molar-refractivity contribution in [2.45, 2.75) is 50.3 Å². The number of aliphatic imine (C=N–C) groups is 1. The normalized spacial score (nSPS) is 35.0. The van der Waals surface area contributed by atoms with Crippen LogP contribution in [0, 0.1) is 0 Å². The number of nitrogens with zero attached hydrogens (tertiary/aromatic N) is 2. The average Bonchev–Trinajstić information content (AvgIpc) is 2.92. The Morgan fingerprint density at radius 2 is 2.30 bits per heavy atom. The van der Waals surface area contributed by atoms with Crippen molar-refractivity contribution in [2.24, 2.45) is 15.9 Å². The van der Waals surface area contributed by atoms with E-state index in [1.54, 1.807) is 24.6 Å². The van der Waals surface area contributed by atoms with Crippen LogP contribution >= 0.6 is 22.9 Å². The van der Waals surface area contributed by atoms with Crippen LogP contribution in [0.4, 0.5) is 0 Å². The van der Waals surface area contributed by atoms with Gasteiger partial charge in [0, 0.05) is 36.5 Å². The molecule has 7 heteroatoms. The Hall–Kier alpha value is -0.950. The molecule has 1 fully saturated rings. The first-order valence-corrected chi connectivity index (χ1v) is 9.08. The minimum Gasteiger partial charge on any atom is -0.369 e. The molecule has 0 bridgehead atoms. The molecule has 1 spiro atoms. The standard InChI is InChI=1S/C16H23ClN4OS/c1-9-8-22-16(15-11(9)4-14(17)23-15)5-10(2)20-12(6-16)13(21-18)7-19-3/h4,7,9-10,12,20H,5-6,8,18H2,1-3H3/b19-7?,21-13+/t9?,10-,12-,16-/m0/s1. The highest BCUT2D eigenvalue weighted by molar-refractivity contribution is 7.16. The van der Waals surface area contributed by atoms with Gasteiger partial charge in [0.2, 0.25) is 0 Å². The highest BCUT2D eigenvalue weighted by Gasteiger charge is 2.47. The van der Waals surface area contributed by atoms with Gasteiger partial charge in [-0.25, -0.2) is 0 Å². The molecule has 1 unspecified atom stereocenters. The first-order chi connectivity index (χ1) is 11.0. The SMILES string of the molecule is CN=C/C(=N\N)[C@@H]1C[C@]2(C[C@H](C)N1)OCC(C)c1cc(Cl)sc12. The Morgan fingerprint density at radius 1 is 1.52 bits per heavy atom. The third-order valence-electron chi connectivity index (χ3n) is 4.71. The fourth-order valence-electron chi connectivity index (χ4n) is 3.74. The van der Waals surface area contributed by atoms with Gasteiger partial charge in [0.1, 0.15) is 5.60 Å². The Bertz CT molecular complexity index is 644. The van der Waals surface area contributed by atoms with E-state index in [0.717, 1.165) is 29.5 Å². The molecule has 1 saturated heterocycles. The molecule has 5 nitrogen and oxygen atoms in total. The lowest BCUT2D eigenvalue weighted by molar-refractivity contribution is -0.0959. The van der Waals surface area contributed by atoms with Crippen molar-refractivity contribution >= 4 is 34.9 Å². The minimum atomic E-state index is -0.313. The Labute approximate surface area is 146 Å². The number of piperidine rings is 1. The average molecular weight is 355 g/mol. The smallest absolute Gasteiger partial charge is 0.106 e. The van der Waals surface area contributed by atoms with Crippen LogP contribution in [0.3, 0.4) is 0 Å². The second-order valence-electron chi connectivity index (χ2n) is 6.51. The molecule has 1 aromatic rings. The Kier molecular flexibility index (Phi) is 4.78. The fraction of sp³-hybridized carbons (Fsp3) is 0.625. The summed E-state index contributed by atoms with van der Waals surface area (Å²) < 4.78 is 7.23. The molecule has 4 atom stereocenters. The van der Waals surface area contributed by atoms with Gasteiger partial charge in [-0.1, -0.05) is 18.5 Å². The van der Waals surface area contributed by atoms with Crippen LogP contribution < -0.4 is 11.2 Å². The van der Waals surface area contributed by atoms with E-state index in [-0.39, 0.29) is 17.7 Å². The minimum absolute atomic E-state index is 0.0228. The molecule has 3 rings (SSSR count). The van der Waals surface area contributed by atoms with Crippen molar-refractivity contribution in [2.75, 3.05) is 13.7 Å². The molecule has 0 aliphatic carbocycles. The van der Waals surface area contributed by atoms with Crippen LogP contribution in [0.15, 0.2) is 16.2 Å². The molecular weight excluding hydrogens is 332 g/mol. The van der Waals surface area contributed by atoms with Gasteiger partial charge in [0.25, 0.3) is 0 Å². The Morgan fingerprint density at radius 3 is 3.00 bits per heavy atom. The maximum Gasteiger partial charge on any atom is 0.106 e. The van der Waals surface area contributed by atoms with Crippen molar-refractivity contribution in [3.05, 3.63) is 20.8 Å². The summed E-state index contributed by atoms with van der Waals surface area (Å²) >= 11 is 7.96. The van der Waals surface area contributed by atoms with E-state index in [2.05, 4.69) is 35.3 Å². The zero-order chi connectivity index (χ0) is 16.6. The lowest BCUT2D eigenvalue weighted by Gasteiger charge is -2.47. The van der Waals surface area contributed by atoms with Crippen LogP contribution in [0.1, 0.15) is 43.0 Å². The van der Waals surface area contributed by atoms with Gasteiger partial charge < -0.3 is 15.9 Å². The van der Waals surface area contributed by atoms with Gasteiger partial charge in [-0.2, -0.15) is 5.10 Å². The molecule has 2 aliphatic rings. The third-order valence-corrected chi connectivity index (χ3v) is 6.17.